The minimum absolute atomic E-state index is 0.196. The first-order valence-corrected chi connectivity index (χ1v) is 8.77. The van der Waals surface area contributed by atoms with Crippen molar-refractivity contribution in [2.75, 3.05) is 0 Å². The van der Waals surface area contributed by atoms with Gasteiger partial charge in [0.05, 0.1) is 0 Å². The van der Waals surface area contributed by atoms with Gasteiger partial charge in [0, 0.05) is 11.6 Å². The number of benzene rings is 2. The second-order valence-electron chi connectivity index (χ2n) is 6.49. The van der Waals surface area contributed by atoms with E-state index in [2.05, 4.69) is 0 Å². The van der Waals surface area contributed by atoms with Gasteiger partial charge in [-0.05, 0) is 66.7 Å². The van der Waals surface area contributed by atoms with Crippen molar-refractivity contribution in [3.8, 4) is 5.75 Å². The maximum absolute atomic E-state index is 14.5. The first-order valence-electron chi connectivity index (χ1n) is 8.77. The predicted molar refractivity (Wildman–Crippen MR) is 100 cm³/mol. The fourth-order valence-electron chi connectivity index (χ4n) is 3.41. The van der Waals surface area contributed by atoms with Gasteiger partial charge in [0.2, 0.25) is 0 Å². The van der Waals surface area contributed by atoms with E-state index in [0.29, 0.717) is 0 Å². The fraction of sp³-hybridized carbons (Fsp3) is 0.227. The van der Waals surface area contributed by atoms with Crippen LogP contribution >= 0.6 is 0 Å². The molecule has 2 N–H and O–H groups in total. The molecule has 1 saturated carbocycles. The molecule has 4 heteroatoms. The summed E-state index contributed by atoms with van der Waals surface area (Å²) in [4.78, 5) is 10.6. The van der Waals surface area contributed by atoms with E-state index in [1.54, 1.807) is 18.2 Å². The number of rotatable bonds is 4. The number of carbonyl (C=O) groups is 1. The van der Waals surface area contributed by atoms with Crippen LogP contribution in [0.1, 0.15) is 48.8 Å². The molecule has 2 aromatic rings. The summed E-state index contributed by atoms with van der Waals surface area (Å²) >= 11 is 0. The van der Waals surface area contributed by atoms with E-state index in [9.17, 15) is 14.3 Å². The average molecular weight is 352 g/mol. The van der Waals surface area contributed by atoms with Crippen LogP contribution in [0.15, 0.2) is 54.1 Å². The molecule has 0 bridgehead atoms. The number of allylic oxidation sites excluding steroid dienone is 1. The first kappa shape index (κ1) is 17.9. The Balaban J connectivity index is 2.06. The highest BCUT2D eigenvalue weighted by atomic mass is 19.1. The number of carboxylic acid groups (broad SMARTS) is 1. The Labute approximate surface area is 152 Å². The molecule has 1 aliphatic rings. The van der Waals surface area contributed by atoms with Crippen LogP contribution in [-0.2, 0) is 4.79 Å². The summed E-state index contributed by atoms with van der Waals surface area (Å²) in [6, 6.07) is 11.9. The molecule has 0 aliphatic heterocycles. The third-order valence-corrected chi connectivity index (χ3v) is 4.66. The topological polar surface area (TPSA) is 57.5 Å². The average Bonchev–Trinajstić information content (AvgIpc) is 2.64. The Hall–Kier alpha value is -2.88. The highest BCUT2D eigenvalue weighted by Crippen LogP contribution is 2.36. The number of hydrogen-bond acceptors (Lipinski definition) is 2. The predicted octanol–water partition coefficient (Wildman–Crippen LogP) is 5.40. The number of phenolic OH excluding ortho intramolecular Hbond substituents is 1. The van der Waals surface area contributed by atoms with Crippen LogP contribution < -0.4 is 0 Å². The number of aromatic hydroxyl groups is 1. The molecule has 1 fully saturated rings. The zero-order valence-electron chi connectivity index (χ0n) is 14.4. The zero-order chi connectivity index (χ0) is 18.5. The van der Waals surface area contributed by atoms with E-state index < -0.39 is 11.8 Å². The van der Waals surface area contributed by atoms with Gasteiger partial charge < -0.3 is 10.2 Å². The van der Waals surface area contributed by atoms with Crippen LogP contribution in [0.4, 0.5) is 4.39 Å². The van der Waals surface area contributed by atoms with E-state index >= 15 is 0 Å². The maximum Gasteiger partial charge on any atom is 0.328 e. The van der Waals surface area contributed by atoms with Crippen LogP contribution in [0.2, 0.25) is 0 Å². The highest BCUT2D eigenvalue weighted by molar-refractivity contribution is 5.86. The fourth-order valence-corrected chi connectivity index (χ4v) is 3.41. The largest absolute Gasteiger partial charge is 0.508 e. The number of aliphatic carboxylic acids is 1. The molecule has 0 atom stereocenters. The van der Waals surface area contributed by atoms with Crippen molar-refractivity contribution in [1.29, 1.82) is 0 Å². The normalized spacial score (nSPS) is 14.6. The van der Waals surface area contributed by atoms with Crippen molar-refractivity contribution in [3.63, 3.8) is 0 Å². The standard InChI is InChI=1S/C22H21FO3/c23-20-14-18(7-6-15(20)10-13-21(25)26)22(16-4-2-1-3-5-16)17-8-11-19(24)12-9-17/h6-14,24H,1-5H2,(H,25,26)/b13-10+. The molecule has 0 saturated heterocycles. The second-order valence-corrected chi connectivity index (χ2v) is 6.49. The van der Waals surface area contributed by atoms with E-state index in [4.69, 9.17) is 5.11 Å². The van der Waals surface area contributed by atoms with Gasteiger partial charge in [0.1, 0.15) is 11.6 Å². The minimum Gasteiger partial charge on any atom is -0.508 e. The minimum atomic E-state index is -1.11. The molecular weight excluding hydrogens is 331 g/mol. The Morgan fingerprint density at radius 1 is 0.962 bits per heavy atom. The molecule has 0 unspecified atom stereocenters. The number of phenols is 1. The SMILES string of the molecule is O=C(O)/C=C/c1ccc(C(=C2CCCCC2)c2ccc(O)cc2)cc1F. The van der Waals surface area contributed by atoms with Crippen LogP contribution in [0.25, 0.3) is 11.6 Å². The summed E-state index contributed by atoms with van der Waals surface area (Å²) in [5.41, 5.74) is 4.29. The molecule has 2 aromatic carbocycles. The molecule has 134 valence electrons. The maximum atomic E-state index is 14.5. The van der Waals surface area contributed by atoms with Crippen molar-refractivity contribution < 1.29 is 19.4 Å². The summed E-state index contributed by atoms with van der Waals surface area (Å²) in [5.74, 6) is -1.36. The van der Waals surface area contributed by atoms with Crippen molar-refractivity contribution >= 4 is 17.6 Å². The molecule has 0 heterocycles. The Kier molecular flexibility index (Phi) is 5.52. The smallest absolute Gasteiger partial charge is 0.328 e. The number of hydrogen-bond donors (Lipinski definition) is 2. The van der Waals surface area contributed by atoms with Crippen LogP contribution in [0.3, 0.4) is 0 Å². The van der Waals surface area contributed by atoms with Gasteiger partial charge in [0.25, 0.3) is 0 Å². The van der Waals surface area contributed by atoms with Gasteiger partial charge in [0.15, 0.2) is 0 Å². The summed E-state index contributed by atoms with van der Waals surface area (Å²) in [5, 5.41) is 18.3. The van der Waals surface area contributed by atoms with Gasteiger partial charge in [-0.2, -0.15) is 0 Å². The monoisotopic (exact) mass is 352 g/mol. The Morgan fingerprint density at radius 3 is 2.23 bits per heavy atom. The van der Waals surface area contributed by atoms with E-state index in [0.717, 1.165) is 48.5 Å². The molecule has 0 aromatic heterocycles. The molecule has 26 heavy (non-hydrogen) atoms. The molecule has 1 aliphatic carbocycles. The van der Waals surface area contributed by atoms with Crippen LogP contribution in [0, 0.1) is 5.82 Å². The quantitative estimate of drug-likeness (QED) is 0.725. The lowest BCUT2D eigenvalue weighted by molar-refractivity contribution is -0.131. The molecule has 3 rings (SSSR count). The van der Waals surface area contributed by atoms with Gasteiger partial charge in [-0.15, -0.1) is 0 Å². The molecule has 0 radical (unpaired) electrons. The molecule has 3 nitrogen and oxygen atoms in total. The molecule has 0 amide bonds. The van der Waals surface area contributed by atoms with E-state index in [-0.39, 0.29) is 11.3 Å². The van der Waals surface area contributed by atoms with Gasteiger partial charge >= 0.3 is 5.97 Å². The highest BCUT2D eigenvalue weighted by Gasteiger charge is 2.16. The third-order valence-electron chi connectivity index (χ3n) is 4.66. The van der Waals surface area contributed by atoms with E-state index in [1.165, 1.54) is 24.1 Å². The lowest BCUT2D eigenvalue weighted by Gasteiger charge is -2.20. The van der Waals surface area contributed by atoms with Gasteiger partial charge in [-0.3, -0.25) is 0 Å². The lowest BCUT2D eigenvalue weighted by Crippen LogP contribution is -2.01. The number of halogens is 1. The van der Waals surface area contributed by atoms with Gasteiger partial charge in [-0.25, -0.2) is 9.18 Å². The summed E-state index contributed by atoms with van der Waals surface area (Å²) in [7, 11) is 0. The van der Waals surface area contributed by atoms with E-state index in [1.807, 2.05) is 18.2 Å². The lowest BCUT2D eigenvalue weighted by atomic mass is 9.85. The summed E-state index contributed by atoms with van der Waals surface area (Å²) in [6.07, 6.45) is 7.61. The number of carboxylic acids is 1. The van der Waals surface area contributed by atoms with Gasteiger partial charge in [-0.1, -0.05) is 36.3 Å². The van der Waals surface area contributed by atoms with Crippen molar-refractivity contribution in [3.05, 3.63) is 76.6 Å². The van der Waals surface area contributed by atoms with Crippen LogP contribution in [0.5, 0.6) is 5.75 Å². The van der Waals surface area contributed by atoms with Crippen LogP contribution in [-0.4, -0.2) is 16.2 Å². The van der Waals surface area contributed by atoms with Crippen molar-refractivity contribution in [1.82, 2.24) is 0 Å². The Morgan fingerprint density at radius 2 is 1.62 bits per heavy atom. The molecule has 0 spiro atoms. The van der Waals surface area contributed by atoms with Crippen molar-refractivity contribution in [2.45, 2.75) is 32.1 Å². The molecular formula is C22H21FO3. The second kappa shape index (κ2) is 8.00. The Bertz CT molecular complexity index is 855. The summed E-state index contributed by atoms with van der Waals surface area (Å²) in [6.45, 7) is 0. The summed E-state index contributed by atoms with van der Waals surface area (Å²) < 4.78 is 14.5. The zero-order valence-corrected chi connectivity index (χ0v) is 14.4. The third kappa shape index (κ3) is 4.20. The first-order chi connectivity index (χ1) is 12.5. The van der Waals surface area contributed by atoms with Crippen molar-refractivity contribution in [2.24, 2.45) is 0 Å².